The molecule has 1 aliphatic rings. The molecule has 0 saturated heterocycles. The van der Waals surface area contributed by atoms with Gasteiger partial charge in [-0.3, -0.25) is 14.4 Å². The topological polar surface area (TPSA) is 87.3 Å². The first-order valence-electron chi connectivity index (χ1n) is 8.48. The highest BCUT2D eigenvalue weighted by molar-refractivity contribution is 6.03. The molecule has 3 rings (SSSR count). The lowest BCUT2D eigenvalue weighted by Crippen LogP contribution is -2.20. The quantitative estimate of drug-likeness (QED) is 0.773. The Bertz CT molecular complexity index is 846. The van der Waals surface area contributed by atoms with E-state index in [4.69, 9.17) is 0 Å². The van der Waals surface area contributed by atoms with Crippen LogP contribution >= 0.6 is 0 Å². The highest BCUT2D eigenvalue weighted by Gasteiger charge is 2.48. The van der Waals surface area contributed by atoms with Gasteiger partial charge in [0.25, 0.3) is 0 Å². The SMILES string of the molecule is CC(=O)Nc1cccc(NC(=O)C2CC2C(=O)Nc2ccc(C)cc2)c1. The average molecular weight is 351 g/mol. The highest BCUT2D eigenvalue weighted by atomic mass is 16.2. The molecule has 3 amide bonds. The first-order valence-corrected chi connectivity index (χ1v) is 8.48. The summed E-state index contributed by atoms with van der Waals surface area (Å²) < 4.78 is 0. The van der Waals surface area contributed by atoms with E-state index in [0.717, 1.165) is 11.3 Å². The third-order valence-electron chi connectivity index (χ3n) is 4.23. The molecule has 6 nitrogen and oxygen atoms in total. The number of anilines is 3. The number of hydrogen-bond acceptors (Lipinski definition) is 3. The third kappa shape index (κ3) is 4.47. The molecule has 0 bridgehead atoms. The van der Waals surface area contributed by atoms with Gasteiger partial charge in [-0.25, -0.2) is 0 Å². The summed E-state index contributed by atoms with van der Waals surface area (Å²) in [6, 6.07) is 14.5. The zero-order chi connectivity index (χ0) is 18.7. The maximum Gasteiger partial charge on any atom is 0.228 e. The molecule has 6 heteroatoms. The Kier molecular flexibility index (Phi) is 5.02. The minimum absolute atomic E-state index is 0.138. The van der Waals surface area contributed by atoms with Crippen LogP contribution in [0.4, 0.5) is 17.1 Å². The van der Waals surface area contributed by atoms with Crippen LogP contribution in [0.25, 0.3) is 0 Å². The maximum absolute atomic E-state index is 12.3. The summed E-state index contributed by atoms with van der Waals surface area (Å²) in [7, 11) is 0. The Labute approximate surface area is 152 Å². The summed E-state index contributed by atoms with van der Waals surface area (Å²) in [4.78, 5) is 35.7. The smallest absolute Gasteiger partial charge is 0.228 e. The van der Waals surface area contributed by atoms with E-state index in [-0.39, 0.29) is 29.6 Å². The number of carbonyl (C=O) groups is 3. The lowest BCUT2D eigenvalue weighted by molar-refractivity contribution is -0.122. The van der Waals surface area contributed by atoms with Crippen molar-refractivity contribution in [3.63, 3.8) is 0 Å². The monoisotopic (exact) mass is 351 g/mol. The van der Waals surface area contributed by atoms with Gasteiger partial charge in [-0.2, -0.15) is 0 Å². The molecule has 1 aliphatic carbocycles. The van der Waals surface area contributed by atoms with Gasteiger partial charge in [0.2, 0.25) is 17.7 Å². The van der Waals surface area contributed by atoms with Gasteiger partial charge in [-0.1, -0.05) is 23.8 Å². The first-order chi connectivity index (χ1) is 12.4. The molecule has 0 heterocycles. The van der Waals surface area contributed by atoms with Crippen LogP contribution in [0.2, 0.25) is 0 Å². The van der Waals surface area contributed by atoms with Crippen LogP contribution in [0.1, 0.15) is 18.9 Å². The molecule has 0 aliphatic heterocycles. The second-order valence-corrected chi connectivity index (χ2v) is 6.56. The van der Waals surface area contributed by atoms with Crippen LogP contribution in [-0.4, -0.2) is 17.7 Å². The fourth-order valence-electron chi connectivity index (χ4n) is 2.76. The van der Waals surface area contributed by atoms with Crippen molar-refractivity contribution < 1.29 is 14.4 Å². The van der Waals surface area contributed by atoms with Crippen LogP contribution in [0, 0.1) is 18.8 Å². The molecule has 134 valence electrons. The Morgan fingerprint density at radius 2 is 1.35 bits per heavy atom. The minimum atomic E-state index is -0.329. The first kappa shape index (κ1) is 17.7. The van der Waals surface area contributed by atoms with Crippen molar-refractivity contribution in [2.45, 2.75) is 20.3 Å². The lowest BCUT2D eigenvalue weighted by Gasteiger charge is -2.08. The van der Waals surface area contributed by atoms with Crippen molar-refractivity contribution in [2.75, 3.05) is 16.0 Å². The van der Waals surface area contributed by atoms with E-state index in [1.807, 2.05) is 31.2 Å². The third-order valence-corrected chi connectivity index (χ3v) is 4.23. The van der Waals surface area contributed by atoms with Crippen molar-refractivity contribution in [1.82, 2.24) is 0 Å². The summed E-state index contributed by atoms with van der Waals surface area (Å²) in [5.41, 5.74) is 3.05. The average Bonchev–Trinajstić information content (AvgIpc) is 3.37. The number of nitrogens with one attached hydrogen (secondary N) is 3. The molecule has 0 radical (unpaired) electrons. The number of benzene rings is 2. The zero-order valence-corrected chi connectivity index (χ0v) is 14.7. The predicted octanol–water partition coefficient (Wildman–Crippen LogP) is 3.17. The summed E-state index contributed by atoms with van der Waals surface area (Å²) in [5, 5.41) is 8.31. The van der Waals surface area contributed by atoms with E-state index in [1.54, 1.807) is 24.3 Å². The normalized spacial score (nSPS) is 17.9. The largest absolute Gasteiger partial charge is 0.326 e. The number of hydrogen-bond donors (Lipinski definition) is 3. The second kappa shape index (κ2) is 7.39. The molecular weight excluding hydrogens is 330 g/mol. The number of rotatable bonds is 5. The van der Waals surface area contributed by atoms with Gasteiger partial charge < -0.3 is 16.0 Å². The molecule has 0 spiro atoms. The molecule has 2 aromatic carbocycles. The van der Waals surface area contributed by atoms with E-state index >= 15 is 0 Å². The summed E-state index contributed by atoms with van der Waals surface area (Å²) in [6.07, 6.45) is 0.537. The predicted molar refractivity (Wildman–Crippen MR) is 101 cm³/mol. The van der Waals surface area contributed by atoms with Crippen LogP contribution in [0.15, 0.2) is 48.5 Å². The fraction of sp³-hybridized carbons (Fsp3) is 0.250. The van der Waals surface area contributed by atoms with Gasteiger partial charge in [-0.15, -0.1) is 0 Å². The van der Waals surface area contributed by atoms with Gasteiger partial charge in [0.15, 0.2) is 0 Å². The van der Waals surface area contributed by atoms with Crippen molar-refractivity contribution in [2.24, 2.45) is 11.8 Å². The van der Waals surface area contributed by atoms with Crippen LogP contribution in [0.5, 0.6) is 0 Å². The minimum Gasteiger partial charge on any atom is -0.326 e. The molecule has 2 atom stereocenters. The number of amides is 3. The Morgan fingerprint density at radius 1 is 0.808 bits per heavy atom. The molecule has 0 aromatic heterocycles. The second-order valence-electron chi connectivity index (χ2n) is 6.56. The molecule has 2 aromatic rings. The Balaban J connectivity index is 1.54. The van der Waals surface area contributed by atoms with Gasteiger partial charge in [0.05, 0.1) is 11.8 Å². The van der Waals surface area contributed by atoms with Crippen molar-refractivity contribution in [1.29, 1.82) is 0 Å². The van der Waals surface area contributed by atoms with E-state index in [1.165, 1.54) is 6.92 Å². The molecule has 26 heavy (non-hydrogen) atoms. The van der Waals surface area contributed by atoms with E-state index in [0.29, 0.717) is 17.8 Å². The van der Waals surface area contributed by atoms with Gasteiger partial charge >= 0.3 is 0 Å². The van der Waals surface area contributed by atoms with Crippen molar-refractivity contribution >= 4 is 34.8 Å². The van der Waals surface area contributed by atoms with E-state index < -0.39 is 0 Å². The molecule has 2 unspecified atom stereocenters. The van der Waals surface area contributed by atoms with Crippen molar-refractivity contribution in [3.05, 3.63) is 54.1 Å². The standard InChI is InChI=1S/C20H21N3O3/c1-12-6-8-14(9-7-12)22-19(25)17-11-18(17)20(26)23-16-5-3-4-15(10-16)21-13(2)24/h3-10,17-18H,11H2,1-2H3,(H,21,24)(H,22,25)(H,23,26). The molecular formula is C20H21N3O3. The summed E-state index contributed by atoms with van der Waals surface area (Å²) >= 11 is 0. The maximum atomic E-state index is 12.3. The fourth-order valence-corrected chi connectivity index (χ4v) is 2.76. The number of aryl methyl sites for hydroxylation is 1. The molecule has 1 saturated carbocycles. The van der Waals surface area contributed by atoms with E-state index in [9.17, 15) is 14.4 Å². The van der Waals surface area contributed by atoms with Gasteiger partial charge in [0, 0.05) is 24.0 Å². The van der Waals surface area contributed by atoms with Crippen molar-refractivity contribution in [3.8, 4) is 0 Å². The summed E-state index contributed by atoms with van der Waals surface area (Å²) in [5.74, 6) is -1.14. The van der Waals surface area contributed by atoms with Gasteiger partial charge in [0.1, 0.15) is 0 Å². The van der Waals surface area contributed by atoms with E-state index in [2.05, 4.69) is 16.0 Å². The van der Waals surface area contributed by atoms with Crippen LogP contribution in [-0.2, 0) is 14.4 Å². The Morgan fingerprint density at radius 3 is 1.92 bits per heavy atom. The summed E-state index contributed by atoms with van der Waals surface area (Å²) in [6.45, 7) is 3.40. The zero-order valence-electron chi connectivity index (χ0n) is 14.7. The molecule has 1 fully saturated rings. The highest BCUT2D eigenvalue weighted by Crippen LogP contribution is 2.40. The lowest BCUT2D eigenvalue weighted by atomic mass is 10.2. The van der Waals surface area contributed by atoms with Crippen LogP contribution in [0.3, 0.4) is 0 Å². The molecule has 3 N–H and O–H groups in total. The van der Waals surface area contributed by atoms with Gasteiger partial charge in [-0.05, 0) is 43.7 Å². The van der Waals surface area contributed by atoms with Crippen LogP contribution < -0.4 is 16.0 Å². The number of carbonyl (C=O) groups excluding carboxylic acids is 3. The Hall–Kier alpha value is -3.15.